The summed E-state index contributed by atoms with van der Waals surface area (Å²) < 4.78 is 38.5. The summed E-state index contributed by atoms with van der Waals surface area (Å²) in [5.41, 5.74) is 0. The summed E-state index contributed by atoms with van der Waals surface area (Å²) in [6.07, 6.45) is 2.06. The highest BCUT2D eigenvalue weighted by molar-refractivity contribution is 4.89. The van der Waals surface area contributed by atoms with E-state index in [1.165, 1.54) is 0 Å². The van der Waals surface area contributed by atoms with Crippen molar-refractivity contribution in [3.8, 4) is 0 Å². The van der Waals surface area contributed by atoms with Gasteiger partial charge in [0.25, 0.3) is 0 Å². The molecule has 2 unspecified atom stereocenters. The molecule has 0 aliphatic heterocycles. The molecule has 5 heteroatoms. The molecule has 0 saturated heterocycles. The first kappa shape index (κ1) is 17.8. The number of halogens is 3. The molecule has 0 heterocycles. The average Bonchev–Trinajstić information content (AvgIpc) is 2.57. The van der Waals surface area contributed by atoms with E-state index in [2.05, 4.69) is 12.2 Å². The Kier molecular flexibility index (Phi) is 7.30. The third-order valence-electron chi connectivity index (χ3n) is 4.09. The maximum Gasteiger partial charge on any atom is 0.401 e. The molecule has 2 nitrogen and oxygen atoms in total. The lowest BCUT2D eigenvalue weighted by Crippen LogP contribution is -2.54. The van der Waals surface area contributed by atoms with E-state index in [0.717, 1.165) is 45.1 Å². The van der Waals surface area contributed by atoms with Crippen molar-refractivity contribution in [2.75, 3.05) is 13.1 Å². The minimum absolute atomic E-state index is 0.00525. The van der Waals surface area contributed by atoms with Gasteiger partial charge in [-0.25, -0.2) is 0 Å². The first-order valence-electron chi connectivity index (χ1n) is 7.91. The summed E-state index contributed by atoms with van der Waals surface area (Å²) in [6.45, 7) is 5.93. The van der Waals surface area contributed by atoms with Crippen LogP contribution in [0.4, 0.5) is 13.2 Å². The first-order chi connectivity index (χ1) is 9.35. The molecule has 0 aromatic carbocycles. The van der Waals surface area contributed by atoms with Crippen LogP contribution in [0.3, 0.4) is 0 Å². The summed E-state index contributed by atoms with van der Waals surface area (Å²) in [5, 5.41) is 3.47. The van der Waals surface area contributed by atoms with Gasteiger partial charge in [-0.2, -0.15) is 13.2 Å². The Hall–Kier alpha value is -0.290. The lowest BCUT2D eigenvalue weighted by molar-refractivity contribution is -0.157. The molecule has 0 aromatic rings. The molecule has 0 bridgehead atoms. The lowest BCUT2D eigenvalue weighted by Gasteiger charge is -2.39. The second-order valence-corrected chi connectivity index (χ2v) is 6.15. The molecule has 2 atom stereocenters. The Morgan fingerprint density at radius 3 is 2.35 bits per heavy atom. The molecule has 1 saturated carbocycles. The maximum absolute atomic E-state index is 12.8. The largest absolute Gasteiger partial charge is 0.401 e. The summed E-state index contributed by atoms with van der Waals surface area (Å²) in [5.74, 6) is 0. The van der Waals surface area contributed by atoms with E-state index >= 15 is 0 Å². The molecule has 1 fully saturated rings. The van der Waals surface area contributed by atoms with Crippen LogP contribution in [0.1, 0.15) is 59.3 Å². The minimum atomic E-state index is -4.12. The van der Waals surface area contributed by atoms with E-state index in [4.69, 9.17) is 0 Å². The van der Waals surface area contributed by atoms with E-state index in [1.54, 1.807) is 4.90 Å². The molecular formula is C15H29F3N2. The molecule has 0 radical (unpaired) electrons. The molecule has 1 aliphatic rings. The summed E-state index contributed by atoms with van der Waals surface area (Å²) in [6, 6.07) is 0.124. The van der Waals surface area contributed by atoms with Gasteiger partial charge in [0.15, 0.2) is 0 Å². The van der Waals surface area contributed by atoms with Crippen LogP contribution >= 0.6 is 0 Å². The van der Waals surface area contributed by atoms with Crippen molar-refractivity contribution in [3.05, 3.63) is 0 Å². The topological polar surface area (TPSA) is 15.3 Å². The fraction of sp³-hybridized carbons (Fsp3) is 1.00. The van der Waals surface area contributed by atoms with Gasteiger partial charge in [0.1, 0.15) is 0 Å². The minimum Gasteiger partial charge on any atom is -0.312 e. The van der Waals surface area contributed by atoms with Gasteiger partial charge in [-0.15, -0.1) is 0 Å². The standard InChI is InChI=1S/C15H29F3N2/c1-4-10-19-13-8-6-5-7-9-14(13)20(12(2)3)11-15(16,17)18/h12-14,19H,4-11H2,1-3H3. The predicted octanol–water partition coefficient (Wildman–Crippen LogP) is 3.96. The van der Waals surface area contributed by atoms with Gasteiger partial charge >= 0.3 is 6.18 Å². The Morgan fingerprint density at radius 2 is 1.80 bits per heavy atom. The second kappa shape index (κ2) is 8.23. The van der Waals surface area contributed by atoms with E-state index in [1.807, 2.05) is 13.8 Å². The van der Waals surface area contributed by atoms with Crippen molar-refractivity contribution in [2.45, 2.75) is 83.6 Å². The second-order valence-electron chi connectivity index (χ2n) is 6.15. The van der Waals surface area contributed by atoms with Crippen LogP contribution in [-0.4, -0.2) is 42.3 Å². The number of hydrogen-bond acceptors (Lipinski definition) is 2. The predicted molar refractivity (Wildman–Crippen MR) is 76.9 cm³/mol. The zero-order valence-electron chi connectivity index (χ0n) is 13.0. The van der Waals surface area contributed by atoms with Crippen LogP contribution in [0.15, 0.2) is 0 Å². The van der Waals surface area contributed by atoms with Crippen LogP contribution in [0.25, 0.3) is 0 Å². The molecule has 0 spiro atoms. The van der Waals surface area contributed by atoms with Crippen LogP contribution in [0.2, 0.25) is 0 Å². The number of hydrogen-bond donors (Lipinski definition) is 1. The summed E-state index contributed by atoms with van der Waals surface area (Å²) in [7, 11) is 0. The smallest absolute Gasteiger partial charge is 0.312 e. The fourth-order valence-electron chi connectivity index (χ4n) is 3.14. The van der Waals surface area contributed by atoms with E-state index < -0.39 is 12.7 Å². The average molecular weight is 294 g/mol. The molecular weight excluding hydrogens is 265 g/mol. The van der Waals surface area contributed by atoms with Crippen LogP contribution in [0, 0.1) is 0 Å². The molecule has 1 aliphatic carbocycles. The van der Waals surface area contributed by atoms with Gasteiger partial charge in [-0.1, -0.05) is 26.2 Å². The molecule has 1 N–H and O–H groups in total. The van der Waals surface area contributed by atoms with Crippen molar-refractivity contribution >= 4 is 0 Å². The summed E-state index contributed by atoms with van der Waals surface area (Å²) in [4.78, 5) is 1.65. The molecule has 0 aromatic heterocycles. The highest BCUT2D eigenvalue weighted by Gasteiger charge is 2.38. The van der Waals surface area contributed by atoms with Gasteiger partial charge < -0.3 is 5.32 Å². The maximum atomic E-state index is 12.8. The zero-order valence-corrected chi connectivity index (χ0v) is 13.0. The monoisotopic (exact) mass is 294 g/mol. The fourth-order valence-corrected chi connectivity index (χ4v) is 3.14. The number of rotatable bonds is 6. The Labute approximate surface area is 121 Å². The molecule has 1 rings (SSSR count). The Morgan fingerprint density at radius 1 is 1.15 bits per heavy atom. The number of alkyl halides is 3. The Balaban J connectivity index is 2.80. The summed E-state index contributed by atoms with van der Waals surface area (Å²) >= 11 is 0. The third kappa shape index (κ3) is 6.00. The molecule has 120 valence electrons. The van der Waals surface area contributed by atoms with Gasteiger partial charge in [0.2, 0.25) is 0 Å². The quantitative estimate of drug-likeness (QED) is 0.746. The van der Waals surface area contributed by atoms with Crippen molar-refractivity contribution in [2.24, 2.45) is 0 Å². The van der Waals surface area contributed by atoms with Crippen molar-refractivity contribution in [3.63, 3.8) is 0 Å². The first-order valence-corrected chi connectivity index (χ1v) is 7.91. The van der Waals surface area contributed by atoms with Crippen molar-refractivity contribution in [1.29, 1.82) is 0 Å². The number of nitrogens with one attached hydrogen (secondary N) is 1. The van der Waals surface area contributed by atoms with Gasteiger partial charge in [-0.05, 0) is 39.7 Å². The van der Waals surface area contributed by atoms with Crippen LogP contribution < -0.4 is 5.32 Å². The van der Waals surface area contributed by atoms with Crippen LogP contribution in [0.5, 0.6) is 0 Å². The van der Waals surface area contributed by atoms with Crippen molar-refractivity contribution in [1.82, 2.24) is 10.2 Å². The van der Waals surface area contributed by atoms with Gasteiger partial charge in [0, 0.05) is 18.1 Å². The third-order valence-corrected chi connectivity index (χ3v) is 4.09. The molecule has 20 heavy (non-hydrogen) atoms. The normalized spacial score (nSPS) is 25.2. The molecule has 0 amide bonds. The SMILES string of the molecule is CCCNC1CCCCCC1N(CC(F)(F)F)C(C)C. The van der Waals surface area contributed by atoms with Gasteiger partial charge in [0.05, 0.1) is 6.54 Å². The van der Waals surface area contributed by atoms with E-state index in [-0.39, 0.29) is 18.1 Å². The lowest BCUT2D eigenvalue weighted by atomic mass is 9.99. The van der Waals surface area contributed by atoms with E-state index in [9.17, 15) is 13.2 Å². The van der Waals surface area contributed by atoms with Crippen LogP contribution in [-0.2, 0) is 0 Å². The number of nitrogens with zero attached hydrogens (tertiary/aromatic N) is 1. The van der Waals surface area contributed by atoms with E-state index in [0.29, 0.717) is 0 Å². The highest BCUT2D eigenvalue weighted by atomic mass is 19.4. The van der Waals surface area contributed by atoms with Gasteiger partial charge in [-0.3, -0.25) is 4.90 Å². The Bertz CT molecular complexity index is 266. The zero-order chi connectivity index (χ0) is 15.2. The van der Waals surface area contributed by atoms with Crippen molar-refractivity contribution < 1.29 is 13.2 Å². The highest BCUT2D eigenvalue weighted by Crippen LogP contribution is 2.27.